The fourth-order valence-electron chi connectivity index (χ4n) is 1.57. The summed E-state index contributed by atoms with van der Waals surface area (Å²) in [5.41, 5.74) is 0.417. The Morgan fingerprint density at radius 1 is 1.25 bits per heavy atom. The van der Waals surface area contributed by atoms with Gasteiger partial charge in [-0.05, 0) is 26.0 Å². The number of hydrogen-bond donors (Lipinski definition) is 0. The quantitative estimate of drug-likeness (QED) is 0.761. The first-order chi connectivity index (χ1) is 9.60. The molecule has 0 unspecified atom stereocenters. The van der Waals surface area contributed by atoms with Gasteiger partial charge in [-0.1, -0.05) is 28.9 Å². The first-order valence-electron chi connectivity index (χ1n) is 6.09. The first-order valence-corrected chi connectivity index (χ1v) is 8.01. The molecule has 1 heterocycles. The summed E-state index contributed by atoms with van der Waals surface area (Å²) < 4.78 is 27.8. The Balaban J connectivity index is 2.37. The van der Waals surface area contributed by atoms with E-state index in [0.29, 0.717) is 10.6 Å². The number of aromatic nitrogens is 2. The van der Waals surface area contributed by atoms with Gasteiger partial charge < -0.3 is 13.6 Å². The van der Waals surface area contributed by atoms with Gasteiger partial charge in [0.25, 0.3) is 0 Å². The van der Waals surface area contributed by atoms with Crippen molar-refractivity contribution in [2.24, 2.45) is 0 Å². The molecular formula is C12H14ClN2O4P. The van der Waals surface area contributed by atoms with Gasteiger partial charge in [0, 0.05) is 5.56 Å². The highest BCUT2D eigenvalue weighted by molar-refractivity contribution is 7.61. The van der Waals surface area contributed by atoms with Crippen LogP contribution >= 0.6 is 19.2 Å². The maximum absolute atomic E-state index is 12.5. The van der Waals surface area contributed by atoms with Crippen LogP contribution in [0.4, 0.5) is 0 Å². The third kappa shape index (κ3) is 3.10. The molecule has 0 radical (unpaired) electrons. The van der Waals surface area contributed by atoms with E-state index in [4.69, 9.17) is 25.2 Å². The van der Waals surface area contributed by atoms with Gasteiger partial charge in [0.2, 0.25) is 5.82 Å². The molecule has 0 saturated heterocycles. The lowest BCUT2D eigenvalue weighted by molar-refractivity contribution is 0.222. The SMILES string of the molecule is CCOP(=O)(OCC)c1nc(-c2ccccc2Cl)no1. The van der Waals surface area contributed by atoms with Crippen LogP contribution in [0.15, 0.2) is 28.8 Å². The third-order valence-electron chi connectivity index (χ3n) is 2.36. The summed E-state index contributed by atoms with van der Waals surface area (Å²) in [6, 6.07) is 7.03. The average molecular weight is 317 g/mol. The smallest absolute Gasteiger partial charge is 0.325 e. The summed E-state index contributed by atoms with van der Waals surface area (Å²) in [6.45, 7) is 3.83. The van der Waals surface area contributed by atoms with E-state index >= 15 is 0 Å². The van der Waals surface area contributed by atoms with Crippen LogP contribution in [0.1, 0.15) is 13.8 Å². The molecule has 1 aromatic heterocycles. The molecule has 2 rings (SSSR count). The van der Waals surface area contributed by atoms with E-state index in [1.807, 2.05) is 0 Å². The Labute approximate surface area is 121 Å². The molecule has 8 heteroatoms. The second-order valence-corrected chi connectivity index (χ2v) is 6.01. The maximum atomic E-state index is 12.5. The summed E-state index contributed by atoms with van der Waals surface area (Å²) in [6.07, 6.45) is 0. The Hall–Kier alpha value is -1.20. The van der Waals surface area contributed by atoms with Crippen molar-refractivity contribution in [3.05, 3.63) is 29.3 Å². The van der Waals surface area contributed by atoms with Crippen LogP contribution in [-0.2, 0) is 13.6 Å². The average Bonchev–Trinajstić information content (AvgIpc) is 2.90. The van der Waals surface area contributed by atoms with E-state index in [9.17, 15) is 4.57 Å². The minimum atomic E-state index is -3.57. The summed E-state index contributed by atoms with van der Waals surface area (Å²) in [5.74, 6) is 0.241. The van der Waals surface area contributed by atoms with Crippen molar-refractivity contribution in [2.45, 2.75) is 13.8 Å². The van der Waals surface area contributed by atoms with E-state index in [1.165, 1.54) is 0 Å². The lowest BCUT2D eigenvalue weighted by Gasteiger charge is -2.11. The van der Waals surface area contributed by atoms with Gasteiger partial charge in [0.1, 0.15) is 0 Å². The Morgan fingerprint density at radius 2 is 1.90 bits per heavy atom. The molecule has 0 fully saturated rings. The number of hydrogen-bond acceptors (Lipinski definition) is 6. The second-order valence-electron chi connectivity index (χ2n) is 3.71. The number of benzene rings is 1. The molecular weight excluding hydrogens is 303 g/mol. The molecule has 0 bridgehead atoms. The van der Waals surface area contributed by atoms with E-state index in [-0.39, 0.29) is 24.7 Å². The van der Waals surface area contributed by atoms with Gasteiger partial charge in [-0.3, -0.25) is 0 Å². The van der Waals surface area contributed by atoms with Gasteiger partial charge in [-0.15, -0.1) is 0 Å². The number of rotatable bonds is 6. The summed E-state index contributed by atoms with van der Waals surface area (Å²) in [7, 11) is -3.57. The summed E-state index contributed by atoms with van der Waals surface area (Å²) in [4.78, 5) is 4.08. The summed E-state index contributed by atoms with van der Waals surface area (Å²) >= 11 is 6.05. The predicted octanol–water partition coefficient (Wildman–Crippen LogP) is 3.28. The van der Waals surface area contributed by atoms with Crippen molar-refractivity contribution >= 4 is 24.8 Å². The van der Waals surface area contributed by atoms with Crippen LogP contribution in [0.2, 0.25) is 5.02 Å². The maximum Gasteiger partial charge on any atom is 0.418 e. The van der Waals surface area contributed by atoms with Crippen molar-refractivity contribution in [1.29, 1.82) is 0 Å². The molecule has 2 aromatic rings. The number of halogens is 1. The van der Waals surface area contributed by atoms with E-state index in [2.05, 4.69) is 10.1 Å². The molecule has 0 aliphatic carbocycles. The van der Waals surface area contributed by atoms with Crippen molar-refractivity contribution in [3.63, 3.8) is 0 Å². The molecule has 6 nitrogen and oxygen atoms in total. The molecule has 0 aliphatic rings. The van der Waals surface area contributed by atoms with E-state index in [1.54, 1.807) is 38.1 Å². The molecule has 0 amide bonds. The second kappa shape index (κ2) is 6.50. The molecule has 0 saturated carbocycles. The Bertz CT molecular complexity index is 621. The van der Waals surface area contributed by atoms with Crippen LogP contribution in [0.25, 0.3) is 11.4 Å². The lowest BCUT2D eigenvalue weighted by Crippen LogP contribution is -2.11. The van der Waals surface area contributed by atoms with Crippen LogP contribution in [0, 0.1) is 0 Å². The molecule has 0 atom stereocenters. The highest BCUT2D eigenvalue weighted by Gasteiger charge is 2.34. The first kappa shape index (κ1) is 15.2. The fraction of sp³-hybridized carbons (Fsp3) is 0.333. The van der Waals surface area contributed by atoms with Crippen LogP contribution in [0.5, 0.6) is 0 Å². The fourth-order valence-corrected chi connectivity index (χ4v) is 3.12. The molecule has 20 heavy (non-hydrogen) atoms. The van der Waals surface area contributed by atoms with Crippen LogP contribution in [-0.4, -0.2) is 23.4 Å². The minimum Gasteiger partial charge on any atom is -0.325 e. The number of nitrogens with zero attached hydrogens (tertiary/aromatic N) is 2. The summed E-state index contributed by atoms with van der Waals surface area (Å²) in [5, 5.41) is 4.25. The monoisotopic (exact) mass is 316 g/mol. The highest BCUT2D eigenvalue weighted by Crippen LogP contribution is 2.46. The Morgan fingerprint density at radius 3 is 2.50 bits per heavy atom. The molecule has 108 valence electrons. The molecule has 0 aliphatic heterocycles. The topological polar surface area (TPSA) is 74.5 Å². The Kier molecular flexibility index (Phi) is 4.94. The molecule has 1 aromatic carbocycles. The van der Waals surface area contributed by atoms with Gasteiger partial charge in [0.05, 0.1) is 18.2 Å². The zero-order valence-corrected chi connectivity index (χ0v) is 12.7. The van der Waals surface area contributed by atoms with E-state index in [0.717, 1.165) is 0 Å². The minimum absolute atomic E-state index is 0.170. The predicted molar refractivity (Wildman–Crippen MR) is 75.2 cm³/mol. The standard InChI is InChI=1S/C12H14ClN2O4P/c1-3-17-20(16,18-4-2)12-14-11(15-19-12)9-7-5-6-8-10(9)13/h5-8H,3-4H2,1-2H3. The third-order valence-corrected chi connectivity index (χ3v) is 4.54. The van der Waals surface area contributed by atoms with Crippen LogP contribution in [0.3, 0.4) is 0 Å². The molecule has 0 N–H and O–H groups in total. The van der Waals surface area contributed by atoms with Crippen molar-refractivity contribution in [2.75, 3.05) is 13.2 Å². The lowest BCUT2D eigenvalue weighted by atomic mass is 10.2. The van der Waals surface area contributed by atoms with Crippen molar-refractivity contribution in [3.8, 4) is 11.4 Å². The van der Waals surface area contributed by atoms with Crippen molar-refractivity contribution < 1.29 is 18.1 Å². The van der Waals surface area contributed by atoms with E-state index < -0.39 is 7.60 Å². The van der Waals surface area contributed by atoms with Gasteiger partial charge in [0.15, 0.2) is 0 Å². The van der Waals surface area contributed by atoms with Gasteiger partial charge >= 0.3 is 13.2 Å². The molecule has 0 spiro atoms. The normalized spacial score (nSPS) is 11.8. The zero-order chi connectivity index (χ0) is 14.6. The van der Waals surface area contributed by atoms with Crippen LogP contribution < -0.4 is 5.63 Å². The van der Waals surface area contributed by atoms with Gasteiger partial charge in [-0.25, -0.2) is 4.57 Å². The van der Waals surface area contributed by atoms with Crippen molar-refractivity contribution in [1.82, 2.24) is 10.1 Å². The highest BCUT2D eigenvalue weighted by atomic mass is 35.5. The zero-order valence-electron chi connectivity index (χ0n) is 11.1. The van der Waals surface area contributed by atoms with Gasteiger partial charge in [-0.2, -0.15) is 4.98 Å². The largest absolute Gasteiger partial charge is 0.418 e.